The van der Waals surface area contributed by atoms with Crippen molar-refractivity contribution in [3.05, 3.63) is 16.6 Å². The maximum absolute atomic E-state index is 12.1. The lowest BCUT2D eigenvalue weighted by atomic mass is 9.79. The van der Waals surface area contributed by atoms with Gasteiger partial charge in [0.05, 0.1) is 5.51 Å². The number of aromatic nitrogens is 1. The van der Waals surface area contributed by atoms with Crippen LogP contribution in [0.15, 0.2) is 16.0 Å². The minimum atomic E-state index is -0.326. The van der Waals surface area contributed by atoms with E-state index in [0.717, 1.165) is 0 Å². The molecule has 0 saturated carbocycles. The normalized spacial score (nSPS) is 19.8. The summed E-state index contributed by atoms with van der Waals surface area (Å²) in [4.78, 5) is 17.9. The number of carbonyl (C=O) groups excluding carboxylic acids is 1. The molecule has 1 aromatic rings. The number of amides is 1. The standard InChI is InChI=1S/C11H16N4O2S/c1-11(10(12)14-17)2-4-15(5-3-11)9(16)8-6-18-7-13-8/h6-7,17H,2-5H2,1H3,(H2,12,14). The van der Waals surface area contributed by atoms with Crippen LogP contribution in [-0.4, -0.2) is 39.9 Å². The van der Waals surface area contributed by atoms with Crippen molar-refractivity contribution in [2.75, 3.05) is 13.1 Å². The van der Waals surface area contributed by atoms with Gasteiger partial charge in [0.15, 0.2) is 0 Å². The second-order valence-electron chi connectivity index (χ2n) is 4.71. The second kappa shape index (κ2) is 4.93. The lowest BCUT2D eigenvalue weighted by Gasteiger charge is -2.38. The fourth-order valence-electron chi connectivity index (χ4n) is 2.06. The lowest BCUT2D eigenvalue weighted by molar-refractivity contribution is 0.0661. The quantitative estimate of drug-likeness (QED) is 0.364. The number of hydrogen-bond donors (Lipinski definition) is 2. The molecule has 1 saturated heterocycles. The van der Waals surface area contributed by atoms with Gasteiger partial charge in [0, 0.05) is 23.9 Å². The molecule has 0 spiro atoms. The third-order valence-electron chi connectivity index (χ3n) is 3.53. The number of piperidine rings is 1. The minimum absolute atomic E-state index is 0.0437. The summed E-state index contributed by atoms with van der Waals surface area (Å²) in [6.07, 6.45) is 1.39. The molecular formula is C11H16N4O2S. The second-order valence-corrected chi connectivity index (χ2v) is 5.43. The van der Waals surface area contributed by atoms with Gasteiger partial charge in [-0.1, -0.05) is 12.1 Å². The van der Waals surface area contributed by atoms with Crippen LogP contribution >= 0.6 is 11.3 Å². The van der Waals surface area contributed by atoms with Crippen molar-refractivity contribution < 1.29 is 10.0 Å². The summed E-state index contributed by atoms with van der Waals surface area (Å²) >= 11 is 1.41. The summed E-state index contributed by atoms with van der Waals surface area (Å²) in [6, 6.07) is 0. The maximum atomic E-state index is 12.1. The molecule has 7 heteroatoms. The van der Waals surface area contributed by atoms with Crippen molar-refractivity contribution in [3.8, 4) is 0 Å². The first-order valence-electron chi connectivity index (χ1n) is 5.72. The van der Waals surface area contributed by atoms with E-state index in [0.29, 0.717) is 31.6 Å². The number of rotatable bonds is 2. The Bertz CT molecular complexity index is 450. The molecule has 18 heavy (non-hydrogen) atoms. The molecule has 1 amide bonds. The number of nitrogens with zero attached hydrogens (tertiary/aromatic N) is 3. The van der Waals surface area contributed by atoms with Crippen molar-refractivity contribution in [2.45, 2.75) is 19.8 Å². The Hall–Kier alpha value is -1.63. The molecule has 1 fully saturated rings. The number of carbonyl (C=O) groups is 1. The first kappa shape index (κ1) is 12.8. The molecule has 98 valence electrons. The van der Waals surface area contributed by atoms with Crippen molar-refractivity contribution in [3.63, 3.8) is 0 Å². The highest BCUT2D eigenvalue weighted by Gasteiger charge is 2.36. The highest BCUT2D eigenvalue weighted by molar-refractivity contribution is 7.07. The van der Waals surface area contributed by atoms with E-state index in [1.807, 2.05) is 6.92 Å². The Balaban J connectivity index is 2.01. The van der Waals surface area contributed by atoms with E-state index in [1.165, 1.54) is 11.3 Å². The summed E-state index contributed by atoms with van der Waals surface area (Å²) in [5, 5.41) is 13.6. The van der Waals surface area contributed by atoms with E-state index in [1.54, 1.807) is 15.8 Å². The van der Waals surface area contributed by atoms with Crippen LogP contribution in [0, 0.1) is 5.41 Å². The molecule has 1 aliphatic rings. The van der Waals surface area contributed by atoms with Crippen molar-refractivity contribution in [1.82, 2.24) is 9.88 Å². The first-order chi connectivity index (χ1) is 8.57. The van der Waals surface area contributed by atoms with Crippen LogP contribution in [0.25, 0.3) is 0 Å². The van der Waals surface area contributed by atoms with Crippen LogP contribution < -0.4 is 5.73 Å². The molecule has 1 aliphatic heterocycles. The number of nitrogens with two attached hydrogens (primary N) is 1. The monoisotopic (exact) mass is 268 g/mol. The zero-order chi connectivity index (χ0) is 13.2. The van der Waals surface area contributed by atoms with Gasteiger partial charge in [0.1, 0.15) is 11.5 Å². The van der Waals surface area contributed by atoms with Gasteiger partial charge in [0.2, 0.25) is 0 Å². The molecule has 2 rings (SSSR count). The highest BCUT2D eigenvalue weighted by atomic mass is 32.1. The first-order valence-corrected chi connectivity index (χ1v) is 6.66. The molecule has 1 aromatic heterocycles. The SMILES string of the molecule is CC1(C(N)=NO)CCN(C(=O)c2cscn2)CC1. The van der Waals surface area contributed by atoms with Crippen molar-refractivity contribution >= 4 is 23.1 Å². The molecule has 0 atom stereocenters. The van der Waals surface area contributed by atoms with Crippen LogP contribution in [0.4, 0.5) is 0 Å². The molecule has 0 aromatic carbocycles. The Morgan fingerprint density at radius 2 is 2.28 bits per heavy atom. The molecule has 0 bridgehead atoms. The maximum Gasteiger partial charge on any atom is 0.273 e. The summed E-state index contributed by atoms with van der Waals surface area (Å²) in [5.74, 6) is 0.195. The zero-order valence-electron chi connectivity index (χ0n) is 10.2. The van der Waals surface area contributed by atoms with E-state index in [4.69, 9.17) is 10.9 Å². The van der Waals surface area contributed by atoms with Gasteiger partial charge in [-0.05, 0) is 12.8 Å². The average molecular weight is 268 g/mol. The topological polar surface area (TPSA) is 91.8 Å². The van der Waals surface area contributed by atoms with Crippen LogP contribution in [0.5, 0.6) is 0 Å². The number of amidine groups is 1. The predicted molar refractivity (Wildman–Crippen MR) is 68.8 cm³/mol. The predicted octanol–water partition coefficient (Wildman–Crippen LogP) is 1.13. The number of oxime groups is 1. The number of thiazole rings is 1. The van der Waals surface area contributed by atoms with Crippen LogP contribution in [0.2, 0.25) is 0 Å². The summed E-state index contributed by atoms with van der Waals surface area (Å²) in [5.41, 5.74) is 7.50. The van der Waals surface area contributed by atoms with Gasteiger partial charge >= 0.3 is 0 Å². The molecule has 0 aliphatic carbocycles. The smallest absolute Gasteiger partial charge is 0.273 e. The molecule has 0 unspecified atom stereocenters. The molecule has 6 nitrogen and oxygen atoms in total. The van der Waals surface area contributed by atoms with E-state index >= 15 is 0 Å². The number of likely N-dealkylation sites (tertiary alicyclic amines) is 1. The zero-order valence-corrected chi connectivity index (χ0v) is 11.0. The average Bonchev–Trinajstić information content (AvgIpc) is 2.91. The van der Waals surface area contributed by atoms with E-state index in [2.05, 4.69) is 10.1 Å². The van der Waals surface area contributed by atoms with Gasteiger partial charge in [0.25, 0.3) is 5.91 Å². The fraction of sp³-hybridized carbons (Fsp3) is 0.545. The third kappa shape index (κ3) is 2.31. The van der Waals surface area contributed by atoms with Gasteiger partial charge in [-0.15, -0.1) is 11.3 Å². The Kier molecular flexibility index (Phi) is 3.51. The van der Waals surface area contributed by atoms with E-state index < -0.39 is 0 Å². The molecule has 3 N–H and O–H groups in total. The van der Waals surface area contributed by atoms with Gasteiger partial charge in [-0.25, -0.2) is 4.98 Å². The van der Waals surface area contributed by atoms with Gasteiger partial charge < -0.3 is 15.8 Å². The summed E-state index contributed by atoms with van der Waals surface area (Å²) < 4.78 is 0. The van der Waals surface area contributed by atoms with E-state index in [9.17, 15) is 4.79 Å². The van der Waals surface area contributed by atoms with Crippen molar-refractivity contribution in [1.29, 1.82) is 0 Å². The van der Waals surface area contributed by atoms with Crippen LogP contribution in [0.3, 0.4) is 0 Å². The Morgan fingerprint density at radius 3 is 2.78 bits per heavy atom. The highest BCUT2D eigenvalue weighted by Crippen LogP contribution is 2.31. The number of hydrogen-bond acceptors (Lipinski definition) is 5. The van der Waals surface area contributed by atoms with E-state index in [-0.39, 0.29) is 17.2 Å². The fourth-order valence-corrected chi connectivity index (χ4v) is 2.59. The van der Waals surface area contributed by atoms with Gasteiger partial charge in [-0.3, -0.25) is 4.79 Å². The molecular weight excluding hydrogens is 252 g/mol. The molecule has 2 heterocycles. The van der Waals surface area contributed by atoms with Crippen LogP contribution in [-0.2, 0) is 0 Å². The largest absolute Gasteiger partial charge is 0.409 e. The third-order valence-corrected chi connectivity index (χ3v) is 4.12. The van der Waals surface area contributed by atoms with Crippen LogP contribution in [0.1, 0.15) is 30.3 Å². The Labute approximate surface area is 109 Å². The Morgan fingerprint density at radius 1 is 1.61 bits per heavy atom. The van der Waals surface area contributed by atoms with Crippen molar-refractivity contribution in [2.24, 2.45) is 16.3 Å². The minimum Gasteiger partial charge on any atom is -0.409 e. The summed E-state index contributed by atoms with van der Waals surface area (Å²) in [7, 11) is 0. The molecule has 0 radical (unpaired) electrons. The van der Waals surface area contributed by atoms with Gasteiger partial charge in [-0.2, -0.15) is 0 Å². The summed E-state index contributed by atoms with van der Waals surface area (Å²) in [6.45, 7) is 3.15. The lowest BCUT2D eigenvalue weighted by Crippen LogP contribution is -2.47.